The molecule has 0 radical (unpaired) electrons. The molecule has 0 saturated heterocycles. The molecular formula is C13H20O2. The second-order valence-electron chi connectivity index (χ2n) is 5.56. The van der Waals surface area contributed by atoms with Gasteiger partial charge in [-0.05, 0) is 31.6 Å². The van der Waals surface area contributed by atoms with E-state index in [0.29, 0.717) is 30.5 Å². The lowest BCUT2D eigenvalue weighted by atomic mass is 9.67. The van der Waals surface area contributed by atoms with Gasteiger partial charge >= 0.3 is 0 Å². The molecule has 0 aliphatic heterocycles. The Morgan fingerprint density at radius 3 is 2.87 bits per heavy atom. The molecule has 2 saturated carbocycles. The van der Waals surface area contributed by atoms with Gasteiger partial charge in [0.2, 0.25) is 0 Å². The Labute approximate surface area is 91.4 Å². The fraction of sp³-hybridized carbons (Fsp3) is 0.846. The summed E-state index contributed by atoms with van der Waals surface area (Å²) in [5, 5.41) is 0. The van der Waals surface area contributed by atoms with Crippen molar-refractivity contribution in [2.45, 2.75) is 52.4 Å². The molecule has 2 nitrogen and oxygen atoms in total. The molecule has 1 unspecified atom stereocenters. The van der Waals surface area contributed by atoms with E-state index in [-0.39, 0.29) is 11.2 Å². The zero-order chi connectivity index (χ0) is 11.1. The van der Waals surface area contributed by atoms with Gasteiger partial charge in [-0.15, -0.1) is 0 Å². The van der Waals surface area contributed by atoms with Gasteiger partial charge in [-0.3, -0.25) is 4.79 Å². The molecule has 15 heavy (non-hydrogen) atoms. The van der Waals surface area contributed by atoms with Crippen molar-refractivity contribution < 1.29 is 9.59 Å². The molecule has 0 aromatic carbocycles. The minimum Gasteiger partial charge on any atom is -0.300 e. The Kier molecular flexibility index (Phi) is 2.70. The summed E-state index contributed by atoms with van der Waals surface area (Å²) in [6.07, 6.45) is 5.89. The summed E-state index contributed by atoms with van der Waals surface area (Å²) in [5.74, 6) is 1.49. The Hall–Kier alpha value is -0.660. The van der Waals surface area contributed by atoms with E-state index in [0.717, 1.165) is 12.8 Å². The smallest absolute Gasteiger partial charge is 0.139 e. The predicted octanol–water partition coefficient (Wildman–Crippen LogP) is 2.75. The monoisotopic (exact) mass is 208 g/mol. The van der Waals surface area contributed by atoms with Crippen LogP contribution >= 0.6 is 0 Å². The fourth-order valence-corrected chi connectivity index (χ4v) is 3.66. The SMILES string of the molecule is CC(=O)CC1CC(=O)[C@@]2(C)CCCC[C@H]12. The molecule has 0 spiro atoms. The number of hydrogen-bond donors (Lipinski definition) is 0. The van der Waals surface area contributed by atoms with E-state index >= 15 is 0 Å². The van der Waals surface area contributed by atoms with Crippen molar-refractivity contribution in [2.75, 3.05) is 0 Å². The number of hydrogen-bond acceptors (Lipinski definition) is 2. The van der Waals surface area contributed by atoms with Gasteiger partial charge in [-0.25, -0.2) is 0 Å². The van der Waals surface area contributed by atoms with Crippen molar-refractivity contribution in [2.24, 2.45) is 17.3 Å². The number of carbonyl (C=O) groups is 2. The minimum absolute atomic E-state index is 0.0850. The Balaban J connectivity index is 2.17. The highest BCUT2D eigenvalue weighted by Crippen LogP contribution is 2.53. The fourth-order valence-electron chi connectivity index (χ4n) is 3.66. The summed E-state index contributed by atoms with van der Waals surface area (Å²) >= 11 is 0. The van der Waals surface area contributed by atoms with E-state index in [9.17, 15) is 9.59 Å². The predicted molar refractivity (Wildman–Crippen MR) is 58.5 cm³/mol. The van der Waals surface area contributed by atoms with Crippen molar-refractivity contribution in [3.8, 4) is 0 Å². The van der Waals surface area contributed by atoms with Gasteiger partial charge in [-0.1, -0.05) is 19.8 Å². The van der Waals surface area contributed by atoms with Crippen molar-refractivity contribution in [3.63, 3.8) is 0 Å². The van der Waals surface area contributed by atoms with E-state index in [4.69, 9.17) is 0 Å². The molecule has 0 amide bonds. The highest BCUT2D eigenvalue weighted by molar-refractivity contribution is 5.88. The topological polar surface area (TPSA) is 34.1 Å². The third-order valence-corrected chi connectivity index (χ3v) is 4.48. The van der Waals surface area contributed by atoms with Crippen LogP contribution in [0.5, 0.6) is 0 Å². The number of fused-ring (bicyclic) bond motifs is 1. The number of carbonyl (C=O) groups excluding carboxylic acids is 2. The Bertz CT molecular complexity index is 295. The van der Waals surface area contributed by atoms with Gasteiger partial charge in [0, 0.05) is 18.3 Å². The molecule has 3 atom stereocenters. The van der Waals surface area contributed by atoms with Gasteiger partial charge in [0.1, 0.15) is 11.6 Å². The molecule has 0 aromatic heterocycles. The molecule has 0 N–H and O–H groups in total. The lowest BCUT2D eigenvalue weighted by Gasteiger charge is -2.36. The van der Waals surface area contributed by atoms with Gasteiger partial charge < -0.3 is 4.79 Å². The van der Waals surface area contributed by atoms with E-state index < -0.39 is 0 Å². The zero-order valence-electron chi connectivity index (χ0n) is 9.71. The van der Waals surface area contributed by atoms with Crippen LogP contribution in [0.15, 0.2) is 0 Å². The van der Waals surface area contributed by atoms with Crippen molar-refractivity contribution in [1.29, 1.82) is 0 Å². The summed E-state index contributed by atoms with van der Waals surface area (Å²) in [6.45, 7) is 3.77. The molecule has 2 rings (SSSR count). The van der Waals surface area contributed by atoms with Crippen LogP contribution < -0.4 is 0 Å². The van der Waals surface area contributed by atoms with Crippen LogP contribution in [0.4, 0.5) is 0 Å². The van der Waals surface area contributed by atoms with Crippen LogP contribution in [0.3, 0.4) is 0 Å². The molecule has 2 aliphatic carbocycles. The Morgan fingerprint density at radius 2 is 2.20 bits per heavy atom. The maximum absolute atomic E-state index is 12.0. The molecule has 0 aromatic rings. The largest absolute Gasteiger partial charge is 0.300 e. The normalized spacial score (nSPS) is 40.3. The molecule has 2 heteroatoms. The third kappa shape index (κ3) is 1.75. The van der Waals surface area contributed by atoms with Gasteiger partial charge in [0.15, 0.2) is 0 Å². The summed E-state index contributed by atoms with van der Waals surface area (Å²) in [5.41, 5.74) is -0.0850. The van der Waals surface area contributed by atoms with Crippen LogP contribution in [0.1, 0.15) is 52.4 Å². The molecule has 2 fully saturated rings. The van der Waals surface area contributed by atoms with E-state index in [1.807, 2.05) is 0 Å². The van der Waals surface area contributed by atoms with E-state index in [2.05, 4.69) is 6.92 Å². The van der Waals surface area contributed by atoms with Crippen molar-refractivity contribution >= 4 is 11.6 Å². The van der Waals surface area contributed by atoms with Crippen LogP contribution in [0, 0.1) is 17.3 Å². The van der Waals surface area contributed by atoms with Crippen LogP contribution in [-0.4, -0.2) is 11.6 Å². The van der Waals surface area contributed by atoms with Crippen molar-refractivity contribution in [3.05, 3.63) is 0 Å². The first kappa shape index (κ1) is 10.8. The van der Waals surface area contributed by atoms with Crippen LogP contribution in [0.25, 0.3) is 0 Å². The first-order valence-corrected chi connectivity index (χ1v) is 6.07. The van der Waals surface area contributed by atoms with Crippen LogP contribution in [0.2, 0.25) is 0 Å². The average molecular weight is 208 g/mol. The molecular weight excluding hydrogens is 188 g/mol. The minimum atomic E-state index is -0.0850. The quantitative estimate of drug-likeness (QED) is 0.699. The van der Waals surface area contributed by atoms with Crippen molar-refractivity contribution in [1.82, 2.24) is 0 Å². The lowest BCUT2D eigenvalue weighted by Crippen LogP contribution is -2.33. The second kappa shape index (κ2) is 3.73. The standard InChI is InChI=1S/C13H20O2/c1-9(14)7-10-8-12(15)13(2)6-4-3-5-11(10)13/h10-11H,3-8H2,1-2H3/t10?,11-,13+/m1/s1. The summed E-state index contributed by atoms with van der Waals surface area (Å²) < 4.78 is 0. The highest BCUT2D eigenvalue weighted by atomic mass is 16.1. The second-order valence-corrected chi connectivity index (χ2v) is 5.56. The number of Topliss-reactive ketones (excluding diaryl/α,β-unsaturated/α-hetero) is 2. The summed E-state index contributed by atoms with van der Waals surface area (Å²) in [4.78, 5) is 23.2. The van der Waals surface area contributed by atoms with Gasteiger partial charge in [0.25, 0.3) is 0 Å². The molecule has 0 bridgehead atoms. The third-order valence-electron chi connectivity index (χ3n) is 4.48. The zero-order valence-corrected chi connectivity index (χ0v) is 9.71. The van der Waals surface area contributed by atoms with Gasteiger partial charge in [-0.2, -0.15) is 0 Å². The summed E-state index contributed by atoms with van der Waals surface area (Å²) in [6, 6.07) is 0. The number of ketones is 2. The first-order chi connectivity index (χ1) is 7.04. The maximum Gasteiger partial charge on any atom is 0.139 e. The average Bonchev–Trinajstić information content (AvgIpc) is 2.39. The summed E-state index contributed by atoms with van der Waals surface area (Å²) in [7, 11) is 0. The van der Waals surface area contributed by atoms with Gasteiger partial charge in [0.05, 0.1) is 0 Å². The lowest BCUT2D eigenvalue weighted by molar-refractivity contribution is -0.127. The van der Waals surface area contributed by atoms with Crippen LogP contribution in [-0.2, 0) is 9.59 Å². The first-order valence-electron chi connectivity index (χ1n) is 6.07. The number of rotatable bonds is 2. The molecule has 84 valence electrons. The maximum atomic E-state index is 12.0. The van der Waals surface area contributed by atoms with E-state index in [1.54, 1.807) is 6.92 Å². The molecule has 2 aliphatic rings. The van der Waals surface area contributed by atoms with E-state index in [1.165, 1.54) is 12.8 Å². The Morgan fingerprint density at radius 1 is 1.47 bits per heavy atom. The molecule has 0 heterocycles. The highest BCUT2D eigenvalue weighted by Gasteiger charge is 2.51.